The normalized spacial score (nSPS) is 13.6. The van der Waals surface area contributed by atoms with Crippen LogP contribution in [0.25, 0.3) is 0 Å². The van der Waals surface area contributed by atoms with Crippen LogP contribution in [-0.2, 0) is 11.2 Å². The largest absolute Gasteiger partial charge is 0.374 e. The molecule has 1 aliphatic rings. The van der Waals surface area contributed by atoms with Crippen molar-refractivity contribution in [1.29, 1.82) is 0 Å². The van der Waals surface area contributed by atoms with E-state index in [1.807, 2.05) is 6.07 Å². The molecule has 1 aliphatic heterocycles. The van der Waals surface area contributed by atoms with Gasteiger partial charge in [0.1, 0.15) is 0 Å². The van der Waals surface area contributed by atoms with Crippen molar-refractivity contribution < 1.29 is 4.79 Å². The van der Waals surface area contributed by atoms with Gasteiger partial charge >= 0.3 is 0 Å². The molecule has 3 heteroatoms. The van der Waals surface area contributed by atoms with Gasteiger partial charge in [-0.15, -0.1) is 0 Å². The summed E-state index contributed by atoms with van der Waals surface area (Å²) in [5.41, 5.74) is 3.54. The lowest BCUT2D eigenvalue weighted by Gasteiger charge is -2.13. The minimum absolute atomic E-state index is 0.118. The van der Waals surface area contributed by atoms with Crippen LogP contribution in [0.4, 0.5) is 11.4 Å². The van der Waals surface area contributed by atoms with Gasteiger partial charge in [0.2, 0.25) is 5.91 Å². The first-order valence-corrected chi connectivity index (χ1v) is 6.34. The van der Waals surface area contributed by atoms with Gasteiger partial charge < -0.3 is 10.2 Å². The van der Waals surface area contributed by atoms with Gasteiger partial charge in [-0.25, -0.2) is 0 Å². The van der Waals surface area contributed by atoms with Gasteiger partial charge in [0.25, 0.3) is 0 Å². The average molecular weight is 232 g/mol. The topological polar surface area (TPSA) is 32.3 Å². The molecule has 3 nitrogen and oxygen atoms in total. The third-order valence-corrected chi connectivity index (χ3v) is 3.25. The van der Waals surface area contributed by atoms with E-state index in [4.69, 9.17) is 0 Å². The van der Waals surface area contributed by atoms with E-state index in [2.05, 4.69) is 36.3 Å². The minimum atomic E-state index is 0.118. The van der Waals surface area contributed by atoms with Crippen molar-refractivity contribution in [2.45, 2.75) is 32.6 Å². The Morgan fingerprint density at radius 2 is 2.29 bits per heavy atom. The molecule has 0 fully saturated rings. The zero-order valence-corrected chi connectivity index (χ0v) is 10.6. The molecule has 0 saturated heterocycles. The van der Waals surface area contributed by atoms with Gasteiger partial charge in [-0.3, -0.25) is 4.79 Å². The molecular formula is C14H20N2O. The third-order valence-electron chi connectivity index (χ3n) is 3.25. The summed E-state index contributed by atoms with van der Waals surface area (Å²) in [4.78, 5) is 13.9. The van der Waals surface area contributed by atoms with Gasteiger partial charge in [0.05, 0.1) is 0 Å². The standard InChI is InChI=1S/C14H20N2O/c1-3-4-5-14(17)15-12-7-6-11-8-9-16(2)13(11)10-12/h6-7,10H,3-5,8-9H2,1-2H3,(H,15,17). The molecule has 2 rings (SSSR count). The summed E-state index contributed by atoms with van der Waals surface area (Å²) in [5.74, 6) is 0.118. The van der Waals surface area contributed by atoms with E-state index >= 15 is 0 Å². The number of nitrogens with zero attached hydrogens (tertiary/aromatic N) is 1. The lowest BCUT2D eigenvalue weighted by Crippen LogP contribution is -2.14. The first-order chi connectivity index (χ1) is 8.20. The number of nitrogens with one attached hydrogen (secondary N) is 1. The van der Waals surface area contributed by atoms with E-state index < -0.39 is 0 Å². The molecule has 0 atom stereocenters. The molecule has 1 aromatic rings. The van der Waals surface area contributed by atoms with E-state index in [0.29, 0.717) is 6.42 Å². The second-order valence-corrected chi connectivity index (χ2v) is 4.67. The van der Waals surface area contributed by atoms with Crippen molar-refractivity contribution in [2.24, 2.45) is 0 Å². The Kier molecular flexibility index (Phi) is 3.67. The van der Waals surface area contributed by atoms with Crippen LogP contribution in [0, 0.1) is 0 Å². The highest BCUT2D eigenvalue weighted by atomic mass is 16.1. The molecule has 0 aliphatic carbocycles. The Morgan fingerprint density at radius 3 is 3.06 bits per heavy atom. The molecule has 0 aromatic heterocycles. The van der Waals surface area contributed by atoms with Gasteiger partial charge in [-0.05, 0) is 30.5 Å². The van der Waals surface area contributed by atoms with Crippen LogP contribution in [0.3, 0.4) is 0 Å². The Bertz CT molecular complexity index is 415. The van der Waals surface area contributed by atoms with Gasteiger partial charge in [-0.1, -0.05) is 19.4 Å². The van der Waals surface area contributed by atoms with Crippen LogP contribution in [0.15, 0.2) is 18.2 Å². The predicted octanol–water partition coefficient (Wildman–Crippen LogP) is 2.81. The van der Waals surface area contributed by atoms with Crippen molar-refractivity contribution in [3.05, 3.63) is 23.8 Å². The van der Waals surface area contributed by atoms with E-state index in [1.54, 1.807) is 0 Å². The maximum Gasteiger partial charge on any atom is 0.224 e. The first kappa shape index (κ1) is 12.0. The summed E-state index contributed by atoms with van der Waals surface area (Å²) >= 11 is 0. The number of hydrogen-bond acceptors (Lipinski definition) is 2. The average Bonchev–Trinajstić information content (AvgIpc) is 2.68. The lowest BCUT2D eigenvalue weighted by atomic mass is 10.1. The fourth-order valence-electron chi connectivity index (χ4n) is 2.18. The van der Waals surface area contributed by atoms with Crippen molar-refractivity contribution in [1.82, 2.24) is 0 Å². The number of carbonyl (C=O) groups excluding carboxylic acids is 1. The zero-order valence-electron chi connectivity index (χ0n) is 10.6. The fraction of sp³-hybridized carbons (Fsp3) is 0.500. The van der Waals surface area contributed by atoms with Crippen molar-refractivity contribution >= 4 is 17.3 Å². The SMILES string of the molecule is CCCCC(=O)Nc1ccc2c(c1)N(C)CC2. The summed E-state index contributed by atoms with van der Waals surface area (Å²) < 4.78 is 0. The monoisotopic (exact) mass is 232 g/mol. The number of anilines is 2. The predicted molar refractivity (Wildman–Crippen MR) is 71.6 cm³/mol. The Labute approximate surface area is 103 Å². The maximum absolute atomic E-state index is 11.6. The fourth-order valence-corrected chi connectivity index (χ4v) is 2.18. The maximum atomic E-state index is 11.6. The van der Waals surface area contributed by atoms with E-state index in [9.17, 15) is 4.79 Å². The highest BCUT2D eigenvalue weighted by Crippen LogP contribution is 2.29. The van der Waals surface area contributed by atoms with E-state index in [-0.39, 0.29) is 5.91 Å². The highest BCUT2D eigenvalue weighted by molar-refractivity contribution is 5.91. The lowest BCUT2D eigenvalue weighted by molar-refractivity contribution is -0.116. The molecule has 0 radical (unpaired) electrons. The molecule has 0 bridgehead atoms. The molecule has 0 saturated carbocycles. The highest BCUT2D eigenvalue weighted by Gasteiger charge is 2.15. The van der Waals surface area contributed by atoms with Crippen LogP contribution in [0.1, 0.15) is 31.7 Å². The molecule has 1 aromatic carbocycles. The minimum Gasteiger partial charge on any atom is -0.374 e. The van der Waals surface area contributed by atoms with Gasteiger partial charge in [0.15, 0.2) is 0 Å². The third kappa shape index (κ3) is 2.78. The molecular weight excluding hydrogens is 212 g/mol. The number of hydrogen-bond donors (Lipinski definition) is 1. The van der Waals surface area contributed by atoms with Crippen molar-refractivity contribution in [3.63, 3.8) is 0 Å². The molecule has 17 heavy (non-hydrogen) atoms. The molecule has 1 N–H and O–H groups in total. The van der Waals surface area contributed by atoms with Gasteiger partial charge in [-0.2, -0.15) is 0 Å². The van der Waals surface area contributed by atoms with Crippen LogP contribution >= 0.6 is 0 Å². The van der Waals surface area contributed by atoms with Crippen molar-refractivity contribution in [3.8, 4) is 0 Å². The number of amides is 1. The summed E-state index contributed by atoms with van der Waals surface area (Å²) in [6, 6.07) is 6.20. The summed E-state index contributed by atoms with van der Waals surface area (Å²) in [6.45, 7) is 3.17. The Balaban J connectivity index is 2.03. The number of fused-ring (bicyclic) bond motifs is 1. The van der Waals surface area contributed by atoms with Crippen LogP contribution < -0.4 is 10.2 Å². The van der Waals surface area contributed by atoms with Gasteiger partial charge in [0, 0.05) is 31.4 Å². The summed E-state index contributed by atoms with van der Waals surface area (Å²) in [5, 5.41) is 2.96. The number of likely N-dealkylation sites (N-methyl/N-ethyl adjacent to an activating group) is 1. The second-order valence-electron chi connectivity index (χ2n) is 4.67. The Hall–Kier alpha value is -1.51. The summed E-state index contributed by atoms with van der Waals surface area (Å²) in [7, 11) is 2.09. The van der Waals surface area contributed by atoms with Crippen molar-refractivity contribution in [2.75, 3.05) is 23.8 Å². The molecule has 92 valence electrons. The molecule has 0 spiro atoms. The molecule has 1 heterocycles. The summed E-state index contributed by atoms with van der Waals surface area (Å²) in [6.07, 6.45) is 3.73. The quantitative estimate of drug-likeness (QED) is 0.865. The molecule has 1 amide bonds. The zero-order chi connectivity index (χ0) is 12.3. The van der Waals surface area contributed by atoms with E-state index in [1.165, 1.54) is 11.3 Å². The number of carbonyl (C=O) groups is 1. The van der Waals surface area contributed by atoms with Crippen LogP contribution in [0.2, 0.25) is 0 Å². The molecule has 0 unspecified atom stereocenters. The van der Waals surface area contributed by atoms with E-state index in [0.717, 1.165) is 31.5 Å². The number of rotatable bonds is 4. The Morgan fingerprint density at radius 1 is 1.47 bits per heavy atom. The number of benzene rings is 1. The smallest absolute Gasteiger partial charge is 0.224 e. The number of unbranched alkanes of at least 4 members (excludes halogenated alkanes) is 1. The first-order valence-electron chi connectivity index (χ1n) is 6.34. The van der Waals surface area contributed by atoms with Crippen LogP contribution in [-0.4, -0.2) is 19.5 Å². The van der Waals surface area contributed by atoms with Crippen LogP contribution in [0.5, 0.6) is 0 Å². The second kappa shape index (κ2) is 5.21.